The molecule has 2 atom stereocenters. The molecule has 0 aromatic heterocycles. The number of carbonyl (C=O) groups excluding carboxylic acids is 2. The van der Waals surface area contributed by atoms with E-state index in [0.717, 1.165) is 24.3 Å². The number of rotatable bonds is 9. The fourth-order valence-corrected chi connectivity index (χ4v) is 2.53. The summed E-state index contributed by atoms with van der Waals surface area (Å²) in [4.78, 5) is 24.1. The molecule has 7 N–H and O–H groups in total. The van der Waals surface area contributed by atoms with Crippen molar-refractivity contribution in [2.24, 2.45) is 0 Å². The number of aromatic hydroxyl groups is 6. The van der Waals surface area contributed by atoms with Crippen molar-refractivity contribution in [3.63, 3.8) is 0 Å². The van der Waals surface area contributed by atoms with E-state index in [1.165, 1.54) is 6.92 Å². The van der Waals surface area contributed by atoms with Gasteiger partial charge in [0.2, 0.25) is 0 Å². The largest absolute Gasteiger partial charge is 0.504 e. The number of aliphatic hydroxyl groups is 1. The maximum atomic E-state index is 12.1. The quantitative estimate of drug-likeness (QED) is 0.161. The van der Waals surface area contributed by atoms with E-state index in [4.69, 9.17) is 14.2 Å². The molecule has 0 saturated heterocycles. The van der Waals surface area contributed by atoms with E-state index in [1.54, 1.807) is 0 Å². The summed E-state index contributed by atoms with van der Waals surface area (Å²) < 4.78 is 15.2. The smallest absolute Gasteiger partial charge is 0.338 e. The van der Waals surface area contributed by atoms with Crippen LogP contribution in [0.2, 0.25) is 0 Å². The molecular formula is C20H22O12. The second kappa shape index (κ2) is 10.4. The Labute approximate surface area is 181 Å². The van der Waals surface area contributed by atoms with Gasteiger partial charge in [-0.3, -0.25) is 0 Å². The molecule has 2 unspecified atom stereocenters. The summed E-state index contributed by atoms with van der Waals surface area (Å²) in [6.45, 7) is 0.639. The number of hydrogen-bond acceptors (Lipinski definition) is 12. The molecule has 2 aromatic carbocycles. The number of esters is 2. The number of phenols is 6. The zero-order valence-corrected chi connectivity index (χ0v) is 16.8. The van der Waals surface area contributed by atoms with Crippen LogP contribution in [-0.4, -0.2) is 73.3 Å². The van der Waals surface area contributed by atoms with Crippen LogP contribution < -0.4 is 0 Å². The Morgan fingerprint density at radius 2 is 1.19 bits per heavy atom. The zero-order chi connectivity index (χ0) is 24.0. The molecule has 0 amide bonds. The standard InChI is InChI=1S/C20H22O12/c1-9(21)32-12(8-31-20(29)11-6-15(24)18(27)16(25)7-11)2-3-30-19(28)10-4-13(22)17(26)14(23)5-10/h4-7,9,12,21-27H,2-3,8H2,1H3. The molecule has 174 valence electrons. The summed E-state index contributed by atoms with van der Waals surface area (Å²) in [7, 11) is 0. The average Bonchev–Trinajstić information content (AvgIpc) is 2.72. The maximum absolute atomic E-state index is 12.1. The minimum atomic E-state index is -1.25. The topological polar surface area (TPSA) is 203 Å². The van der Waals surface area contributed by atoms with Crippen LogP contribution in [0.4, 0.5) is 0 Å². The molecule has 0 aliphatic heterocycles. The number of phenolic OH excluding ortho intramolecular Hbond substituents is 6. The molecule has 0 aliphatic rings. The van der Waals surface area contributed by atoms with Gasteiger partial charge < -0.3 is 50.0 Å². The lowest BCUT2D eigenvalue weighted by atomic mass is 10.2. The lowest BCUT2D eigenvalue weighted by Crippen LogP contribution is -2.28. The summed E-state index contributed by atoms with van der Waals surface area (Å²) in [5, 5.41) is 65.9. The maximum Gasteiger partial charge on any atom is 0.338 e. The van der Waals surface area contributed by atoms with Crippen LogP contribution >= 0.6 is 0 Å². The van der Waals surface area contributed by atoms with E-state index in [1.807, 2.05) is 0 Å². The van der Waals surface area contributed by atoms with Crippen molar-refractivity contribution in [2.75, 3.05) is 13.2 Å². The van der Waals surface area contributed by atoms with Crippen molar-refractivity contribution in [2.45, 2.75) is 25.7 Å². The number of aliphatic hydroxyl groups excluding tert-OH is 1. The number of benzene rings is 2. The van der Waals surface area contributed by atoms with Gasteiger partial charge in [-0.2, -0.15) is 0 Å². The monoisotopic (exact) mass is 454 g/mol. The molecule has 0 bridgehead atoms. The van der Waals surface area contributed by atoms with Crippen molar-refractivity contribution < 1.29 is 59.5 Å². The first-order valence-corrected chi connectivity index (χ1v) is 9.17. The zero-order valence-electron chi connectivity index (χ0n) is 16.8. The van der Waals surface area contributed by atoms with Gasteiger partial charge in [0.05, 0.1) is 23.8 Å². The molecule has 12 heteroatoms. The van der Waals surface area contributed by atoms with Crippen molar-refractivity contribution in [1.29, 1.82) is 0 Å². The van der Waals surface area contributed by atoms with Gasteiger partial charge in [-0.05, 0) is 31.2 Å². The Hall–Kier alpha value is -3.90. The lowest BCUT2D eigenvalue weighted by molar-refractivity contribution is -0.140. The predicted molar refractivity (Wildman–Crippen MR) is 105 cm³/mol. The Balaban J connectivity index is 1.94. The summed E-state index contributed by atoms with van der Waals surface area (Å²) in [5.74, 6) is -6.38. The van der Waals surface area contributed by atoms with Gasteiger partial charge >= 0.3 is 11.9 Å². The van der Waals surface area contributed by atoms with Crippen LogP contribution in [0, 0.1) is 0 Å². The molecule has 0 saturated carbocycles. The van der Waals surface area contributed by atoms with Crippen LogP contribution in [0.15, 0.2) is 24.3 Å². The highest BCUT2D eigenvalue weighted by atomic mass is 16.6. The van der Waals surface area contributed by atoms with Crippen LogP contribution in [0.1, 0.15) is 34.1 Å². The third kappa shape index (κ3) is 6.30. The summed E-state index contributed by atoms with van der Waals surface area (Å²) in [6, 6.07) is 3.55. The van der Waals surface area contributed by atoms with Gasteiger partial charge in [-0.15, -0.1) is 0 Å². The van der Waals surface area contributed by atoms with Crippen LogP contribution in [-0.2, 0) is 14.2 Å². The fraction of sp³-hybridized carbons (Fsp3) is 0.300. The molecule has 0 fully saturated rings. The summed E-state index contributed by atoms with van der Waals surface area (Å²) in [6.07, 6.45) is -2.21. The third-order valence-corrected chi connectivity index (χ3v) is 4.07. The molecular weight excluding hydrogens is 432 g/mol. The van der Waals surface area contributed by atoms with E-state index in [2.05, 4.69) is 0 Å². The van der Waals surface area contributed by atoms with E-state index in [0.29, 0.717) is 0 Å². The molecule has 0 aliphatic carbocycles. The van der Waals surface area contributed by atoms with E-state index in [-0.39, 0.29) is 24.2 Å². The Morgan fingerprint density at radius 3 is 1.59 bits per heavy atom. The van der Waals surface area contributed by atoms with Gasteiger partial charge in [0.15, 0.2) is 40.8 Å². The summed E-state index contributed by atoms with van der Waals surface area (Å²) in [5.41, 5.74) is -0.490. The fourth-order valence-electron chi connectivity index (χ4n) is 2.53. The van der Waals surface area contributed by atoms with Crippen LogP contribution in [0.3, 0.4) is 0 Å². The second-order valence-electron chi connectivity index (χ2n) is 6.61. The molecule has 32 heavy (non-hydrogen) atoms. The van der Waals surface area contributed by atoms with E-state index < -0.39 is 65.4 Å². The minimum absolute atomic E-state index is 0.0357. The molecule has 2 aromatic rings. The van der Waals surface area contributed by atoms with Crippen LogP contribution in [0.5, 0.6) is 34.5 Å². The SMILES string of the molecule is CC(O)OC(CCOC(=O)c1cc(O)c(O)c(O)c1)COC(=O)c1cc(O)c(O)c(O)c1. The van der Waals surface area contributed by atoms with Gasteiger partial charge in [0.25, 0.3) is 0 Å². The van der Waals surface area contributed by atoms with Gasteiger partial charge in [0.1, 0.15) is 6.61 Å². The molecule has 0 heterocycles. The van der Waals surface area contributed by atoms with E-state index >= 15 is 0 Å². The Kier molecular flexibility index (Phi) is 7.93. The van der Waals surface area contributed by atoms with Crippen molar-refractivity contribution in [1.82, 2.24) is 0 Å². The molecule has 2 rings (SSSR count). The van der Waals surface area contributed by atoms with Gasteiger partial charge in [0, 0.05) is 6.42 Å². The average molecular weight is 454 g/mol. The molecule has 0 radical (unpaired) electrons. The summed E-state index contributed by atoms with van der Waals surface area (Å²) >= 11 is 0. The van der Waals surface area contributed by atoms with Crippen molar-refractivity contribution in [3.05, 3.63) is 35.4 Å². The third-order valence-electron chi connectivity index (χ3n) is 4.07. The number of carbonyl (C=O) groups is 2. The highest BCUT2D eigenvalue weighted by Gasteiger charge is 2.20. The lowest BCUT2D eigenvalue weighted by Gasteiger charge is -2.19. The van der Waals surface area contributed by atoms with Gasteiger partial charge in [-0.1, -0.05) is 0 Å². The highest BCUT2D eigenvalue weighted by molar-refractivity contribution is 5.91. The Morgan fingerprint density at radius 1 is 0.781 bits per heavy atom. The first-order valence-electron chi connectivity index (χ1n) is 9.17. The highest BCUT2D eigenvalue weighted by Crippen LogP contribution is 2.36. The number of ether oxygens (including phenoxy) is 3. The number of hydrogen-bond donors (Lipinski definition) is 7. The van der Waals surface area contributed by atoms with Crippen molar-refractivity contribution >= 4 is 11.9 Å². The van der Waals surface area contributed by atoms with Crippen molar-refractivity contribution in [3.8, 4) is 34.5 Å². The molecule has 12 nitrogen and oxygen atoms in total. The minimum Gasteiger partial charge on any atom is -0.504 e. The van der Waals surface area contributed by atoms with Gasteiger partial charge in [-0.25, -0.2) is 9.59 Å². The van der Waals surface area contributed by atoms with E-state index in [9.17, 15) is 45.3 Å². The first kappa shape index (κ1) is 24.4. The molecule has 0 spiro atoms. The normalized spacial score (nSPS) is 12.7. The van der Waals surface area contributed by atoms with Crippen LogP contribution in [0.25, 0.3) is 0 Å². The Bertz CT molecular complexity index is 939. The first-order chi connectivity index (χ1) is 15.0. The predicted octanol–water partition coefficient (Wildman–Crippen LogP) is 1.05. The second-order valence-corrected chi connectivity index (χ2v) is 6.61.